The maximum Gasteiger partial charge on any atom is 0.271 e. The van der Waals surface area contributed by atoms with E-state index >= 15 is 0 Å². The van der Waals surface area contributed by atoms with Crippen molar-refractivity contribution < 1.29 is 9.47 Å². The van der Waals surface area contributed by atoms with Crippen molar-refractivity contribution in [3.8, 4) is 11.5 Å². The Kier molecular flexibility index (Phi) is 6.65. The summed E-state index contributed by atoms with van der Waals surface area (Å²) in [6.07, 6.45) is 3.87. The van der Waals surface area contributed by atoms with Crippen LogP contribution in [0.3, 0.4) is 0 Å². The van der Waals surface area contributed by atoms with Gasteiger partial charge in [0.25, 0.3) is 5.56 Å². The molecule has 4 aromatic rings. The van der Waals surface area contributed by atoms with Gasteiger partial charge in [-0.25, -0.2) is 4.99 Å². The fourth-order valence-corrected chi connectivity index (χ4v) is 5.79. The largest absolute Gasteiger partial charge is 0.493 e. The molecule has 8 heteroatoms. The lowest BCUT2D eigenvalue weighted by Crippen LogP contribution is -2.36. The Morgan fingerprint density at radius 1 is 1.06 bits per heavy atom. The average molecular weight is 568 g/mol. The quantitative estimate of drug-likeness (QED) is 0.323. The molecular weight excluding hydrogens is 548 g/mol. The number of allylic oxidation sites excluding steroid dienone is 1. The predicted molar refractivity (Wildman–Crippen MR) is 144 cm³/mol. The van der Waals surface area contributed by atoms with Crippen LogP contribution < -0.4 is 24.4 Å². The first-order chi connectivity index (χ1) is 17.0. The van der Waals surface area contributed by atoms with E-state index in [9.17, 15) is 4.79 Å². The fourth-order valence-electron chi connectivity index (χ4n) is 4.02. The maximum atomic E-state index is 13.6. The molecule has 0 fully saturated rings. The van der Waals surface area contributed by atoms with Crippen molar-refractivity contribution in [3.05, 3.63) is 119 Å². The highest BCUT2D eigenvalue weighted by Crippen LogP contribution is 2.36. The lowest BCUT2D eigenvalue weighted by molar-refractivity contribution is 0.353. The number of halogens is 2. The number of benzene rings is 3. The van der Waals surface area contributed by atoms with Gasteiger partial charge in [0.15, 0.2) is 16.3 Å². The Morgan fingerprint density at radius 2 is 1.80 bits per heavy atom. The molecule has 0 radical (unpaired) electrons. The summed E-state index contributed by atoms with van der Waals surface area (Å²) in [6, 6.07) is 21.0. The zero-order chi connectivity index (χ0) is 24.5. The van der Waals surface area contributed by atoms with Gasteiger partial charge in [0.05, 0.1) is 35.0 Å². The van der Waals surface area contributed by atoms with Crippen molar-refractivity contribution in [1.82, 2.24) is 4.57 Å². The molecule has 1 aliphatic rings. The summed E-state index contributed by atoms with van der Waals surface area (Å²) in [5.41, 5.74) is 3.48. The molecule has 3 aromatic carbocycles. The molecule has 0 aliphatic carbocycles. The highest BCUT2D eigenvalue weighted by atomic mass is 79.9. The molecule has 1 aromatic heterocycles. The minimum Gasteiger partial charge on any atom is -0.493 e. The van der Waals surface area contributed by atoms with Crippen LogP contribution in [0.25, 0.3) is 11.8 Å². The molecule has 0 spiro atoms. The molecule has 0 saturated carbocycles. The predicted octanol–water partition coefficient (Wildman–Crippen LogP) is 5.44. The van der Waals surface area contributed by atoms with Crippen LogP contribution in [-0.4, -0.2) is 18.8 Å². The number of rotatable bonds is 5. The van der Waals surface area contributed by atoms with Gasteiger partial charge in [-0.2, -0.15) is 0 Å². The van der Waals surface area contributed by atoms with E-state index in [1.54, 1.807) is 18.8 Å². The lowest BCUT2D eigenvalue weighted by atomic mass is 10.0. The van der Waals surface area contributed by atoms with E-state index in [0.717, 1.165) is 26.9 Å². The summed E-state index contributed by atoms with van der Waals surface area (Å²) >= 11 is 11.0. The standard InChI is InChI=1S/C27H20BrClN2O3S/c1-33-23-13-16(12-20(28)25(23)34-2)14-24-26(32)31-22(18-8-10-19(29)11-9-18)15-21(30-27(31)35-24)17-6-4-3-5-7-17/h3-15,22H,1-2H3. The number of ether oxygens (including phenoxy) is 2. The summed E-state index contributed by atoms with van der Waals surface area (Å²) in [6.45, 7) is 0. The number of fused-ring (bicyclic) bond motifs is 1. The highest BCUT2D eigenvalue weighted by molar-refractivity contribution is 9.10. The van der Waals surface area contributed by atoms with Gasteiger partial charge < -0.3 is 9.47 Å². The van der Waals surface area contributed by atoms with Gasteiger partial charge >= 0.3 is 0 Å². The molecule has 35 heavy (non-hydrogen) atoms. The number of hydrogen-bond acceptors (Lipinski definition) is 5. The monoisotopic (exact) mass is 566 g/mol. The van der Waals surface area contributed by atoms with Crippen molar-refractivity contribution in [3.63, 3.8) is 0 Å². The van der Waals surface area contributed by atoms with E-state index in [2.05, 4.69) is 15.9 Å². The lowest BCUT2D eigenvalue weighted by Gasteiger charge is -2.19. The zero-order valence-corrected chi connectivity index (χ0v) is 22.0. The third kappa shape index (κ3) is 4.59. The molecule has 0 amide bonds. The van der Waals surface area contributed by atoms with Crippen molar-refractivity contribution in [1.29, 1.82) is 0 Å². The van der Waals surface area contributed by atoms with E-state index < -0.39 is 0 Å². The summed E-state index contributed by atoms with van der Waals surface area (Å²) in [7, 11) is 3.17. The minimum atomic E-state index is -0.307. The van der Waals surface area contributed by atoms with E-state index in [4.69, 9.17) is 26.1 Å². The van der Waals surface area contributed by atoms with Crippen molar-refractivity contribution >= 4 is 50.6 Å². The Bertz CT molecular complexity index is 1610. The van der Waals surface area contributed by atoms with Crippen LogP contribution in [0.15, 0.2) is 87.1 Å². The van der Waals surface area contributed by atoms with E-state index in [-0.39, 0.29) is 11.6 Å². The van der Waals surface area contributed by atoms with Crippen LogP contribution in [0, 0.1) is 0 Å². The number of methoxy groups -OCH3 is 2. The van der Waals surface area contributed by atoms with Crippen LogP contribution >= 0.6 is 38.9 Å². The van der Waals surface area contributed by atoms with Gasteiger partial charge in [-0.15, -0.1) is 0 Å². The van der Waals surface area contributed by atoms with Crippen LogP contribution in [0.4, 0.5) is 0 Å². The Labute approximate surface area is 219 Å². The summed E-state index contributed by atoms with van der Waals surface area (Å²) < 4.78 is 13.9. The highest BCUT2D eigenvalue weighted by Gasteiger charge is 2.22. The molecule has 0 saturated heterocycles. The third-order valence-electron chi connectivity index (χ3n) is 5.68. The Morgan fingerprint density at radius 3 is 2.49 bits per heavy atom. The molecule has 2 heterocycles. The Balaban J connectivity index is 1.71. The van der Waals surface area contributed by atoms with Gasteiger partial charge in [0.1, 0.15) is 0 Å². The molecule has 1 atom stereocenters. The summed E-state index contributed by atoms with van der Waals surface area (Å²) in [4.78, 5) is 19.1. The maximum absolute atomic E-state index is 13.6. The number of aromatic nitrogens is 1. The zero-order valence-electron chi connectivity index (χ0n) is 18.9. The smallest absolute Gasteiger partial charge is 0.271 e. The molecule has 0 N–H and O–H groups in total. The van der Waals surface area contributed by atoms with Crippen molar-refractivity contribution in [2.45, 2.75) is 6.04 Å². The van der Waals surface area contributed by atoms with Crippen LogP contribution in [0.1, 0.15) is 22.7 Å². The summed E-state index contributed by atoms with van der Waals surface area (Å²) in [5, 5.41) is 0.646. The molecule has 1 aliphatic heterocycles. The number of thiazole rings is 1. The first-order valence-electron chi connectivity index (χ1n) is 10.7. The normalized spacial score (nSPS) is 15.3. The van der Waals surface area contributed by atoms with Crippen molar-refractivity contribution in [2.75, 3.05) is 14.2 Å². The number of hydrogen-bond donors (Lipinski definition) is 0. The minimum absolute atomic E-state index is 0.108. The van der Waals surface area contributed by atoms with Crippen molar-refractivity contribution in [2.24, 2.45) is 4.99 Å². The topological polar surface area (TPSA) is 52.8 Å². The van der Waals surface area contributed by atoms with Gasteiger partial charge in [-0.3, -0.25) is 9.36 Å². The second-order valence-electron chi connectivity index (χ2n) is 7.83. The van der Waals surface area contributed by atoms with E-state index in [1.807, 2.05) is 78.9 Å². The first-order valence-corrected chi connectivity index (χ1v) is 12.7. The third-order valence-corrected chi connectivity index (χ3v) is 7.51. The van der Waals surface area contributed by atoms with Gasteiger partial charge in [0.2, 0.25) is 0 Å². The molecular formula is C27H20BrClN2O3S. The molecule has 0 bridgehead atoms. The molecule has 5 nitrogen and oxygen atoms in total. The second kappa shape index (κ2) is 9.85. The average Bonchev–Trinajstić information content (AvgIpc) is 3.19. The van der Waals surface area contributed by atoms with E-state index in [0.29, 0.717) is 25.9 Å². The fraction of sp³-hybridized carbons (Fsp3) is 0.111. The number of nitrogens with zero attached hydrogens (tertiary/aromatic N) is 2. The SMILES string of the molecule is COc1cc(C=c2sc3n(c2=O)C(c2ccc(Cl)cc2)C=C(c2ccccc2)N=3)cc(Br)c1OC. The molecule has 5 rings (SSSR count). The van der Waals surface area contributed by atoms with Crippen LogP contribution in [0.5, 0.6) is 11.5 Å². The molecule has 1 unspecified atom stereocenters. The van der Waals surface area contributed by atoms with Gasteiger partial charge in [0, 0.05) is 5.02 Å². The van der Waals surface area contributed by atoms with Crippen LogP contribution in [0.2, 0.25) is 5.02 Å². The second-order valence-corrected chi connectivity index (χ2v) is 10.1. The first kappa shape index (κ1) is 23.6. The van der Waals surface area contributed by atoms with E-state index in [1.165, 1.54) is 11.3 Å². The summed E-state index contributed by atoms with van der Waals surface area (Å²) in [5.74, 6) is 1.17. The van der Waals surface area contributed by atoms with Gasteiger partial charge in [-0.1, -0.05) is 65.4 Å². The molecule has 176 valence electrons. The van der Waals surface area contributed by atoms with Crippen LogP contribution in [-0.2, 0) is 0 Å². The van der Waals surface area contributed by atoms with Gasteiger partial charge in [-0.05, 0) is 69.0 Å². The Hall–Kier alpha value is -3.13.